The minimum Gasteiger partial charge on any atom is -0.480 e. The van der Waals surface area contributed by atoms with E-state index in [0.717, 1.165) is 25.7 Å². The van der Waals surface area contributed by atoms with Crippen LogP contribution in [0.3, 0.4) is 0 Å². The van der Waals surface area contributed by atoms with Crippen LogP contribution in [0.1, 0.15) is 58.3 Å². The van der Waals surface area contributed by atoms with Gasteiger partial charge in [0.25, 0.3) is 0 Å². The summed E-state index contributed by atoms with van der Waals surface area (Å²) in [6.45, 7) is 2.82. The van der Waals surface area contributed by atoms with E-state index in [1.165, 1.54) is 0 Å². The Morgan fingerprint density at radius 3 is 2.29 bits per heavy atom. The fourth-order valence-electron chi connectivity index (χ4n) is 3.30. The number of aliphatic hydroxyl groups is 1. The smallest absolute Gasteiger partial charge is 0.329 e. The van der Waals surface area contributed by atoms with E-state index in [1.807, 2.05) is 0 Å². The second kappa shape index (κ2) is 6.22. The van der Waals surface area contributed by atoms with Gasteiger partial charge < -0.3 is 20.4 Å². The molecule has 21 heavy (non-hydrogen) atoms. The quantitative estimate of drug-likeness (QED) is 0.724. The number of amides is 2. The van der Waals surface area contributed by atoms with Gasteiger partial charge in [-0.3, -0.25) is 0 Å². The van der Waals surface area contributed by atoms with Gasteiger partial charge in [-0.05, 0) is 39.0 Å². The van der Waals surface area contributed by atoms with Crippen LogP contribution in [0.15, 0.2) is 0 Å². The van der Waals surface area contributed by atoms with E-state index in [1.54, 1.807) is 11.8 Å². The van der Waals surface area contributed by atoms with E-state index in [4.69, 9.17) is 0 Å². The van der Waals surface area contributed by atoms with Gasteiger partial charge >= 0.3 is 12.0 Å². The maximum Gasteiger partial charge on any atom is 0.329 e. The van der Waals surface area contributed by atoms with Crippen LogP contribution in [-0.4, -0.2) is 51.3 Å². The van der Waals surface area contributed by atoms with Crippen molar-refractivity contribution in [3.05, 3.63) is 0 Å². The highest BCUT2D eigenvalue weighted by molar-refractivity contribution is 5.86. The van der Waals surface area contributed by atoms with Gasteiger partial charge in [0.2, 0.25) is 0 Å². The molecule has 0 bridgehead atoms. The number of carboxylic acids is 1. The number of hydrogen-bond acceptors (Lipinski definition) is 3. The first-order valence-electron chi connectivity index (χ1n) is 7.88. The number of nitrogens with one attached hydrogen (secondary N) is 1. The van der Waals surface area contributed by atoms with E-state index in [0.29, 0.717) is 38.8 Å². The zero-order chi connectivity index (χ0) is 15.5. The zero-order valence-electron chi connectivity index (χ0n) is 12.7. The van der Waals surface area contributed by atoms with Crippen molar-refractivity contribution in [2.45, 2.75) is 69.4 Å². The molecule has 0 spiro atoms. The summed E-state index contributed by atoms with van der Waals surface area (Å²) in [6, 6.07) is -0.308. The Hall–Kier alpha value is -1.30. The van der Waals surface area contributed by atoms with Gasteiger partial charge in [-0.2, -0.15) is 0 Å². The Labute approximate surface area is 125 Å². The Kier molecular flexibility index (Phi) is 4.76. The van der Waals surface area contributed by atoms with E-state index >= 15 is 0 Å². The third-order valence-corrected chi connectivity index (χ3v) is 4.81. The molecule has 1 atom stereocenters. The first-order chi connectivity index (χ1) is 9.85. The van der Waals surface area contributed by atoms with Crippen molar-refractivity contribution >= 4 is 12.0 Å². The average Bonchev–Trinajstić information content (AvgIpc) is 2.60. The number of carbonyl (C=O) groups excluding carboxylic acids is 1. The van der Waals surface area contributed by atoms with Gasteiger partial charge in [-0.1, -0.05) is 19.3 Å². The summed E-state index contributed by atoms with van der Waals surface area (Å²) in [5.74, 6) is -0.933. The number of carboxylic acid groups (broad SMARTS) is 1. The minimum atomic E-state index is -1.11. The number of urea groups is 1. The predicted molar refractivity (Wildman–Crippen MR) is 78.0 cm³/mol. The van der Waals surface area contributed by atoms with Crippen molar-refractivity contribution in [1.82, 2.24) is 10.2 Å². The number of carbonyl (C=O) groups is 2. The minimum absolute atomic E-state index is 0.308. The highest BCUT2D eigenvalue weighted by atomic mass is 16.4. The first kappa shape index (κ1) is 16.1. The highest BCUT2D eigenvalue weighted by Crippen LogP contribution is 2.29. The summed E-state index contributed by atoms with van der Waals surface area (Å²) in [5.41, 5.74) is -1.84. The molecular formula is C15H26N2O4. The fourth-order valence-corrected chi connectivity index (χ4v) is 3.30. The lowest BCUT2D eigenvalue weighted by molar-refractivity contribution is -0.146. The van der Waals surface area contributed by atoms with Crippen LogP contribution in [0.2, 0.25) is 0 Å². The Bertz CT molecular complexity index is 402. The van der Waals surface area contributed by atoms with Gasteiger partial charge in [0, 0.05) is 13.1 Å². The fraction of sp³-hybridized carbons (Fsp3) is 0.867. The topological polar surface area (TPSA) is 89.9 Å². The molecule has 1 saturated heterocycles. The van der Waals surface area contributed by atoms with Crippen molar-refractivity contribution in [2.75, 3.05) is 13.1 Å². The standard InChI is InChI=1S/C15H26N2O4/c1-14(21)6-5-10-17(11-9-14)13(20)16-15(12(18)19)7-3-2-4-8-15/h21H,2-11H2,1H3,(H,16,20)(H,18,19). The maximum absolute atomic E-state index is 12.4. The van der Waals surface area contributed by atoms with E-state index in [2.05, 4.69) is 5.32 Å². The second-order valence-corrected chi connectivity index (χ2v) is 6.72. The third-order valence-electron chi connectivity index (χ3n) is 4.81. The molecule has 0 aromatic heterocycles. The first-order valence-corrected chi connectivity index (χ1v) is 7.88. The molecule has 2 fully saturated rings. The van der Waals surface area contributed by atoms with Gasteiger partial charge in [0.15, 0.2) is 0 Å². The summed E-state index contributed by atoms with van der Waals surface area (Å²) in [5, 5.41) is 22.3. The molecule has 3 N–H and O–H groups in total. The monoisotopic (exact) mass is 298 g/mol. The highest BCUT2D eigenvalue weighted by Gasteiger charge is 2.42. The molecule has 6 nitrogen and oxygen atoms in total. The molecule has 1 unspecified atom stereocenters. The van der Waals surface area contributed by atoms with Crippen molar-refractivity contribution in [1.29, 1.82) is 0 Å². The summed E-state index contributed by atoms with van der Waals surface area (Å²) < 4.78 is 0. The molecule has 2 aliphatic rings. The summed E-state index contributed by atoms with van der Waals surface area (Å²) in [4.78, 5) is 25.6. The molecule has 120 valence electrons. The van der Waals surface area contributed by atoms with E-state index in [-0.39, 0.29) is 6.03 Å². The molecule has 1 aliphatic heterocycles. The van der Waals surface area contributed by atoms with Crippen molar-refractivity contribution in [3.8, 4) is 0 Å². The molecular weight excluding hydrogens is 272 g/mol. The van der Waals surface area contributed by atoms with Gasteiger partial charge in [0.1, 0.15) is 5.54 Å². The van der Waals surface area contributed by atoms with Gasteiger partial charge in [-0.25, -0.2) is 9.59 Å². The molecule has 0 aromatic rings. The molecule has 1 saturated carbocycles. The Morgan fingerprint density at radius 2 is 1.67 bits per heavy atom. The van der Waals surface area contributed by atoms with Crippen molar-refractivity contribution in [3.63, 3.8) is 0 Å². The van der Waals surface area contributed by atoms with Crippen LogP contribution in [0.25, 0.3) is 0 Å². The van der Waals surface area contributed by atoms with Crippen LogP contribution in [0.5, 0.6) is 0 Å². The molecule has 2 amide bonds. The summed E-state index contributed by atoms with van der Waals surface area (Å²) >= 11 is 0. The lowest BCUT2D eigenvalue weighted by atomic mass is 9.82. The van der Waals surface area contributed by atoms with E-state index in [9.17, 15) is 19.8 Å². The van der Waals surface area contributed by atoms with Gasteiger partial charge in [-0.15, -0.1) is 0 Å². The van der Waals surface area contributed by atoms with E-state index < -0.39 is 17.1 Å². The van der Waals surface area contributed by atoms with Crippen LogP contribution in [0, 0.1) is 0 Å². The lowest BCUT2D eigenvalue weighted by Crippen LogP contribution is -2.58. The summed E-state index contributed by atoms with van der Waals surface area (Å²) in [6.07, 6.45) is 5.63. The lowest BCUT2D eigenvalue weighted by Gasteiger charge is -2.36. The van der Waals surface area contributed by atoms with Gasteiger partial charge in [0.05, 0.1) is 5.60 Å². The Morgan fingerprint density at radius 1 is 1.00 bits per heavy atom. The molecule has 1 heterocycles. The number of likely N-dealkylation sites (tertiary alicyclic amines) is 1. The maximum atomic E-state index is 12.4. The normalized spacial score (nSPS) is 29.5. The molecule has 1 aliphatic carbocycles. The third kappa shape index (κ3) is 3.87. The molecule has 0 aromatic carbocycles. The van der Waals surface area contributed by atoms with Crippen LogP contribution in [0.4, 0.5) is 4.79 Å². The number of nitrogens with zero attached hydrogens (tertiary/aromatic N) is 1. The van der Waals surface area contributed by atoms with Crippen molar-refractivity contribution in [2.24, 2.45) is 0 Å². The Balaban J connectivity index is 2.00. The number of rotatable bonds is 2. The predicted octanol–water partition coefficient (Wildman–Crippen LogP) is 1.72. The average molecular weight is 298 g/mol. The molecule has 2 rings (SSSR count). The van der Waals surface area contributed by atoms with Crippen LogP contribution >= 0.6 is 0 Å². The zero-order valence-corrected chi connectivity index (χ0v) is 12.7. The number of aliphatic carboxylic acids is 1. The molecule has 0 radical (unpaired) electrons. The van der Waals surface area contributed by atoms with Crippen LogP contribution < -0.4 is 5.32 Å². The SMILES string of the molecule is CC1(O)CCCN(C(=O)NC2(C(=O)O)CCCCC2)CC1. The second-order valence-electron chi connectivity index (χ2n) is 6.72. The number of hydrogen-bond donors (Lipinski definition) is 3. The van der Waals surface area contributed by atoms with Crippen LogP contribution in [-0.2, 0) is 4.79 Å². The summed E-state index contributed by atoms with van der Waals surface area (Å²) in [7, 11) is 0. The molecule has 6 heteroatoms. The van der Waals surface area contributed by atoms with Crippen molar-refractivity contribution < 1.29 is 19.8 Å². The largest absolute Gasteiger partial charge is 0.480 e.